The van der Waals surface area contributed by atoms with Crippen molar-refractivity contribution in [2.45, 2.75) is 51.6 Å². The number of carbonyl (C=O) groups is 1. The molecule has 1 heterocycles. The van der Waals surface area contributed by atoms with Crippen LogP contribution in [0.15, 0.2) is 0 Å². The molecule has 1 spiro atoms. The van der Waals surface area contributed by atoms with E-state index in [0.717, 1.165) is 25.7 Å². The van der Waals surface area contributed by atoms with Crippen LogP contribution in [0, 0.1) is 5.41 Å². The Morgan fingerprint density at radius 3 is 2.67 bits per heavy atom. The molecule has 1 aliphatic heterocycles. The molecule has 68 valence electrons. The maximum absolute atomic E-state index is 11.5. The number of esters is 1. The van der Waals surface area contributed by atoms with Gasteiger partial charge >= 0.3 is 5.97 Å². The molecule has 0 amide bonds. The van der Waals surface area contributed by atoms with Gasteiger partial charge in [-0.15, -0.1) is 0 Å². The highest BCUT2D eigenvalue weighted by Crippen LogP contribution is 2.47. The summed E-state index contributed by atoms with van der Waals surface area (Å²) in [5, 5.41) is 0. The third-order valence-corrected chi connectivity index (χ3v) is 3.34. The van der Waals surface area contributed by atoms with Crippen LogP contribution in [0.25, 0.3) is 0 Å². The summed E-state index contributed by atoms with van der Waals surface area (Å²) in [4.78, 5) is 11.5. The van der Waals surface area contributed by atoms with Crippen LogP contribution in [0.4, 0.5) is 0 Å². The van der Waals surface area contributed by atoms with E-state index in [1.807, 2.05) is 0 Å². The SMILES string of the molecule is CCC1CC2(CCCC2)C(=O)O1. The molecule has 1 atom stereocenters. The van der Waals surface area contributed by atoms with Gasteiger partial charge in [-0.2, -0.15) is 0 Å². The quantitative estimate of drug-likeness (QED) is 0.561. The third-order valence-electron chi connectivity index (χ3n) is 3.34. The Morgan fingerprint density at radius 1 is 1.50 bits per heavy atom. The minimum absolute atomic E-state index is 0.0410. The molecule has 0 aromatic heterocycles. The highest BCUT2D eigenvalue weighted by molar-refractivity contribution is 5.79. The second kappa shape index (κ2) is 2.75. The van der Waals surface area contributed by atoms with Crippen molar-refractivity contribution >= 4 is 5.97 Å². The normalized spacial score (nSPS) is 32.8. The average Bonchev–Trinajstić information content (AvgIpc) is 2.63. The summed E-state index contributed by atoms with van der Waals surface area (Å²) in [5.74, 6) is 0.0897. The monoisotopic (exact) mass is 168 g/mol. The van der Waals surface area contributed by atoms with E-state index in [9.17, 15) is 4.79 Å². The summed E-state index contributed by atoms with van der Waals surface area (Å²) in [6.45, 7) is 2.09. The maximum atomic E-state index is 11.5. The third kappa shape index (κ3) is 1.05. The first kappa shape index (κ1) is 8.09. The second-order valence-corrected chi connectivity index (χ2v) is 4.13. The molecule has 12 heavy (non-hydrogen) atoms. The Hall–Kier alpha value is -0.530. The summed E-state index contributed by atoms with van der Waals surface area (Å²) in [5.41, 5.74) is -0.0410. The number of hydrogen-bond donors (Lipinski definition) is 0. The predicted octanol–water partition coefficient (Wildman–Crippen LogP) is 2.27. The van der Waals surface area contributed by atoms with Gasteiger partial charge in [-0.1, -0.05) is 19.8 Å². The van der Waals surface area contributed by atoms with Gasteiger partial charge in [0.15, 0.2) is 0 Å². The lowest BCUT2D eigenvalue weighted by molar-refractivity contribution is -0.148. The van der Waals surface area contributed by atoms with Gasteiger partial charge < -0.3 is 4.74 Å². The lowest BCUT2D eigenvalue weighted by Gasteiger charge is -2.15. The molecule has 1 saturated carbocycles. The lowest BCUT2D eigenvalue weighted by Crippen LogP contribution is -2.21. The largest absolute Gasteiger partial charge is 0.462 e. The Bertz CT molecular complexity index is 192. The van der Waals surface area contributed by atoms with Crippen molar-refractivity contribution in [1.82, 2.24) is 0 Å². The molecule has 2 nitrogen and oxygen atoms in total. The van der Waals surface area contributed by atoms with Gasteiger partial charge in [-0.25, -0.2) is 0 Å². The van der Waals surface area contributed by atoms with Crippen molar-refractivity contribution in [3.8, 4) is 0 Å². The van der Waals surface area contributed by atoms with E-state index >= 15 is 0 Å². The van der Waals surface area contributed by atoms with Crippen LogP contribution in [0.5, 0.6) is 0 Å². The van der Waals surface area contributed by atoms with Gasteiger partial charge in [0.25, 0.3) is 0 Å². The Morgan fingerprint density at radius 2 is 2.17 bits per heavy atom. The van der Waals surface area contributed by atoms with Crippen LogP contribution in [0.2, 0.25) is 0 Å². The van der Waals surface area contributed by atoms with Gasteiger partial charge in [0, 0.05) is 6.42 Å². The lowest BCUT2D eigenvalue weighted by atomic mass is 9.83. The first-order chi connectivity index (χ1) is 5.77. The van der Waals surface area contributed by atoms with Crippen molar-refractivity contribution in [2.24, 2.45) is 5.41 Å². The summed E-state index contributed by atoms with van der Waals surface area (Å²) in [6.07, 6.45) is 6.76. The number of carbonyl (C=O) groups excluding carboxylic acids is 1. The fourth-order valence-corrected chi connectivity index (χ4v) is 2.52. The molecule has 1 unspecified atom stereocenters. The summed E-state index contributed by atoms with van der Waals surface area (Å²) in [6, 6.07) is 0. The summed E-state index contributed by atoms with van der Waals surface area (Å²) < 4.78 is 5.31. The van der Waals surface area contributed by atoms with E-state index in [2.05, 4.69) is 6.92 Å². The number of cyclic esters (lactones) is 1. The molecule has 2 fully saturated rings. The Kier molecular flexibility index (Phi) is 1.85. The topological polar surface area (TPSA) is 26.3 Å². The predicted molar refractivity (Wildman–Crippen MR) is 45.7 cm³/mol. The van der Waals surface area contributed by atoms with Gasteiger partial charge in [-0.3, -0.25) is 4.79 Å². The van der Waals surface area contributed by atoms with Gasteiger partial charge in [0.1, 0.15) is 6.10 Å². The molecular weight excluding hydrogens is 152 g/mol. The van der Waals surface area contributed by atoms with Gasteiger partial charge in [-0.05, 0) is 19.3 Å². The minimum atomic E-state index is -0.0410. The Labute approximate surface area is 73.3 Å². The fourth-order valence-electron chi connectivity index (χ4n) is 2.52. The van der Waals surface area contributed by atoms with Crippen molar-refractivity contribution in [2.75, 3.05) is 0 Å². The summed E-state index contributed by atoms with van der Waals surface area (Å²) >= 11 is 0. The standard InChI is InChI=1S/C10H16O2/c1-2-8-7-10(9(11)12-8)5-3-4-6-10/h8H,2-7H2,1H3. The average molecular weight is 168 g/mol. The van der Waals surface area contributed by atoms with Crippen molar-refractivity contribution < 1.29 is 9.53 Å². The molecule has 2 rings (SSSR count). The van der Waals surface area contributed by atoms with Gasteiger partial charge in [0.2, 0.25) is 0 Å². The number of ether oxygens (including phenoxy) is 1. The van der Waals surface area contributed by atoms with Crippen molar-refractivity contribution in [1.29, 1.82) is 0 Å². The Balaban J connectivity index is 2.11. The van der Waals surface area contributed by atoms with Crippen LogP contribution in [-0.4, -0.2) is 12.1 Å². The van der Waals surface area contributed by atoms with E-state index in [1.54, 1.807) is 0 Å². The molecule has 2 aliphatic rings. The van der Waals surface area contributed by atoms with Crippen molar-refractivity contribution in [3.05, 3.63) is 0 Å². The molecule has 2 heteroatoms. The van der Waals surface area contributed by atoms with Crippen LogP contribution in [0.3, 0.4) is 0 Å². The highest BCUT2D eigenvalue weighted by atomic mass is 16.6. The summed E-state index contributed by atoms with van der Waals surface area (Å²) in [7, 11) is 0. The molecule has 0 radical (unpaired) electrons. The zero-order valence-corrected chi connectivity index (χ0v) is 7.64. The second-order valence-electron chi connectivity index (χ2n) is 4.13. The van der Waals surface area contributed by atoms with E-state index in [-0.39, 0.29) is 17.5 Å². The van der Waals surface area contributed by atoms with E-state index in [4.69, 9.17) is 4.74 Å². The number of hydrogen-bond acceptors (Lipinski definition) is 2. The molecule has 1 aliphatic carbocycles. The van der Waals surface area contributed by atoms with Crippen LogP contribution >= 0.6 is 0 Å². The molecule has 0 aromatic rings. The van der Waals surface area contributed by atoms with Crippen LogP contribution in [-0.2, 0) is 9.53 Å². The molecular formula is C10H16O2. The highest BCUT2D eigenvalue weighted by Gasteiger charge is 2.49. The fraction of sp³-hybridized carbons (Fsp3) is 0.900. The smallest absolute Gasteiger partial charge is 0.312 e. The minimum Gasteiger partial charge on any atom is -0.462 e. The molecule has 0 N–H and O–H groups in total. The number of rotatable bonds is 1. The maximum Gasteiger partial charge on any atom is 0.312 e. The first-order valence-electron chi connectivity index (χ1n) is 4.98. The van der Waals surface area contributed by atoms with Crippen LogP contribution in [0.1, 0.15) is 45.4 Å². The molecule has 0 bridgehead atoms. The van der Waals surface area contributed by atoms with E-state index in [0.29, 0.717) is 0 Å². The molecule has 1 saturated heterocycles. The van der Waals surface area contributed by atoms with E-state index in [1.165, 1.54) is 12.8 Å². The van der Waals surface area contributed by atoms with Crippen molar-refractivity contribution in [3.63, 3.8) is 0 Å². The van der Waals surface area contributed by atoms with Crippen LogP contribution < -0.4 is 0 Å². The van der Waals surface area contributed by atoms with Gasteiger partial charge in [0.05, 0.1) is 5.41 Å². The molecule has 0 aromatic carbocycles. The zero-order chi connectivity index (χ0) is 8.60. The van der Waals surface area contributed by atoms with E-state index < -0.39 is 0 Å². The zero-order valence-electron chi connectivity index (χ0n) is 7.64. The first-order valence-corrected chi connectivity index (χ1v) is 4.98.